The molecular formula is C20H23N5O. The molecule has 6 nitrogen and oxygen atoms in total. The summed E-state index contributed by atoms with van der Waals surface area (Å²) >= 11 is 0. The van der Waals surface area contributed by atoms with Gasteiger partial charge in [0.05, 0.1) is 19.2 Å². The first-order valence-electron chi connectivity index (χ1n) is 8.89. The van der Waals surface area contributed by atoms with Gasteiger partial charge in [-0.25, -0.2) is 4.68 Å². The number of nitrogens with zero attached hydrogens (tertiary/aromatic N) is 3. The number of hydrogen-bond donors (Lipinski definition) is 2. The minimum atomic E-state index is 0.0917. The molecule has 2 aromatic carbocycles. The Morgan fingerprint density at radius 3 is 2.46 bits per heavy atom. The first-order valence-corrected chi connectivity index (χ1v) is 8.89. The zero-order valence-electron chi connectivity index (χ0n) is 15.0. The predicted molar refractivity (Wildman–Crippen MR) is 102 cm³/mol. The second-order valence-corrected chi connectivity index (χ2v) is 6.55. The van der Waals surface area contributed by atoms with Crippen molar-refractivity contribution in [3.8, 4) is 5.75 Å². The fourth-order valence-corrected chi connectivity index (χ4v) is 3.50. The maximum atomic E-state index is 5.87. The molecular weight excluding hydrogens is 326 g/mol. The van der Waals surface area contributed by atoms with Crippen LogP contribution in [-0.4, -0.2) is 21.9 Å². The molecule has 0 unspecified atom stereocenters. The van der Waals surface area contributed by atoms with Gasteiger partial charge in [0.15, 0.2) is 0 Å². The maximum Gasteiger partial charge on any atom is 0.241 e. The van der Waals surface area contributed by atoms with Crippen LogP contribution in [0.3, 0.4) is 0 Å². The van der Waals surface area contributed by atoms with Crippen LogP contribution in [-0.2, 0) is 6.42 Å². The smallest absolute Gasteiger partial charge is 0.241 e. The molecule has 0 aliphatic carbocycles. The van der Waals surface area contributed by atoms with Crippen LogP contribution in [0.5, 0.6) is 5.75 Å². The van der Waals surface area contributed by atoms with Gasteiger partial charge in [-0.3, -0.25) is 0 Å². The molecule has 0 spiro atoms. The second-order valence-electron chi connectivity index (χ2n) is 6.55. The van der Waals surface area contributed by atoms with Crippen LogP contribution in [0, 0.1) is 0 Å². The van der Waals surface area contributed by atoms with Gasteiger partial charge in [-0.2, -0.15) is 4.98 Å². The highest BCUT2D eigenvalue weighted by molar-refractivity contribution is 5.42. The van der Waals surface area contributed by atoms with Crippen molar-refractivity contribution < 1.29 is 4.74 Å². The van der Waals surface area contributed by atoms with Crippen LogP contribution in [0.25, 0.3) is 0 Å². The summed E-state index contributed by atoms with van der Waals surface area (Å²) in [6, 6.07) is 17.1. The lowest BCUT2D eigenvalue weighted by molar-refractivity contribution is 0.413. The number of fused-ring (bicyclic) bond motifs is 1. The monoisotopic (exact) mass is 349 g/mol. The molecule has 6 heteroatoms. The van der Waals surface area contributed by atoms with Crippen LogP contribution < -0.4 is 15.8 Å². The highest BCUT2D eigenvalue weighted by atomic mass is 16.5. The van der Waals surface area contributed by atoms with Crippen LogP contribution in [0.15, 0.2) is 48.5 Å². The third-order valence-electron chi connectivity index (χ3n) is 5.00. The Hall–Kier alpha value is -3.02. The van der Waals surface area contributed by atoms with Gasteiger partial charge in [-0.1, -0.05) is 43.3 Å². The molecule has 0 amide bonds. The average Bonchev–Trinajstić information content (AvgIpc) is 3.07. The zero-order chi connectivity index (χ0) is 18.1. The molecule has 2 heterocycles. The number of nitrogens with one attached hydrogen (secondary N) is 1. The Labute approximate surface area is 153 Å². The van der Waals surface area contributed by atoms with E-state index in [-0.39, 0.29) is 18.0 Å². The number of nitrogens with two attached hydrogens (primary N) is 1. The van der Waals surface area contributed by atoms with E-state index in [0.29, 0.717) is 5.95 Å². The van der Waals surface area contributed by atoms with Gasteiger partial charge >= 0.3 is 0 Å². The van der Waals surface area contributed by atoms with E-state index >= 15 is 0 Å². The Bertz CT molecular complexity index is 886. The van der Waals surface area contributed by atoms with E-state index < -0.39 is 0 Å². The third-order valence-corrected chi connectivity index (χ3v) is 5.00. The fraction of sp³-hybridized carbons (Fsp3) is 0.300. The highest BCUT2D eigenvalue weighted by Gasteiger charge is 2.30. The van der Waals surface area contributed by atoms with Crippen molar-refractivity contribution in [2.24, 2.45) is 0 Å². The number of methoxy groups -OCH3 is 1. The molecule has 134 valence electrons. The summed E-state index contributed by atoms with van der Waals surface area (Å²) in [5.41, 5.74) is 9.60. The van der Waals surface area contributed by atoms with Gasteiger partial charge in [0.1, 0.15) is 5.75 Å². The molecule has 1 aromatic heterocycles. The Morgan fingerprint density at radius 1 is 1.12 bits per heavy atom. The maximum absolute atomic E-state index is 5.87. The number of aromatic nitrogens is 3. The van der Waals surface area contributed by atoms with Gasteiger partial charge in [-0.05, 0) is 41.7 Å². The molecule has 4 rings (SSSR count). The molecule has 26 heavy (non-hydrogen) atoms. The summed E-state index contributed by atoms with van der Waals surface area (Å²) in [6.07, 6.45) is 1.90. The lowest BCUT2D eigenvalue weighted by Gasteiger charge is -2.31. The summed E-state index contributed by atoms with van der Waals surface area (Å²) < 4.78 is 7.16. The van der Waals surface area contributed by atoms with Crippen molar-refractivity contribution in [1.82, 2.24) is 14.8 Å². The Kier molecular flexibility index (Phi) is 4.24. The first kappa shape index (κ1) is 16.4. The number of nitrogen functional groups attached to an aromatic ring is 1. The Morgan fingerprint density at radius 2 is 1.81 bits per heavy atom. The quantitative estimate of drug-likeness (QED) is 0.753. The molecule has 3 aromatic rings. The van der Waals surface area contributed by atoms with Crippen LogP contribution in [0.4, 0.5) is 11.9 Å². The van der Waals surface area contributed by atoms with Crippen molar-refractivity contribution in [2.75, 3.05) is 18.2 Å². The molecule has 0 fully saturated rings. The largest absolute Gasteiger partial charge is 0.497 e. The SMILES string of the molecule is CCc1ccc([C@@H]2C[C@H](c3ccc(OC)cc3)Nc3nc(N)nn32)cc1. The number of hydrogen-bond acceptors (Lipinski definition) is 5. The first-order chi connectivity index (χ1) is 12.7. The normalized spacial score (nSPS) is 18.8. The van der Waals surface area contributed by atoms with Crippen molar-refractivity contribution in [2.45, 2.75) is 31.8 Å². The number of aryl methyl sites for hydroxylation is 1. The van der Waals surface area contributed by atoms with Gasteiger partial charge < -0.3 is 15.8 Å². The van der Waals surface area contributed by atoms with Crippen LogP contribution in [0.2, 0.25) is 0 Å². The molecule has 0 saturated carbocycles. The van der Waals surface area contributed by atoms with E-state index in [9.17, 15) is 0 Å². The highest BCUT2D eigenvalue weighted by Crippen LogP contribution is 2.38. The summed E-state index contributed by atoms with van der Waals surface area (Å²) in [6.45, 7) is 2.16. The van der Waals surface area contributed by atoms with Crippen molar-refractivity contribution in [3.63, 3.8) is 0 Å². The van der Waals surface area contributed by atoms with E-state index in [2.05, 4.69) is 58.7 Å². The molecule has 1 aliphatic heterocycles. The van der Waals surface area contributed by atoms with Gasteiger partial charge in [-0.15, -0.1) is 5.10 Å². The third kappa shape index (κ3) is 2.98. The van der Waals surface area contributed by atoms with Gasteiger partial charge in [0, 0.05) is 0 Å². The number of ether oxygens (including phenoxy) is 1. The van der Waals surface area contributed by atoms with E-state index in [1.165, 1.54) is 16.7 Å². The molecule has 0 saturated heterocycles. The molecule has 1 aliphatic rings. The topological polar surface area (TPSA) is 78.0 Å². The van der Waals surface area contributed by atoms with Crippen molar-refractivity contribution in [3.05, 3.63) is 65.2 Å². The standard InChI is InChI=1S/C20H23N5O/c1-3-13-4-6-15(7-5-13)18-12-17(14-8-10-16(26-2)11-9-14)22-20-23-19(21)24-25(18)20/h4-11,17-18H,3,12H2,1-2H3,(H3,21,22,23,24)/t17-,18+/m1/s1. The molecule has 0 radical (unpaired) electrons. The lowest BCUT2D eigenvalue weighted by atomic mass is 9.93. The summed E-state index contributed by atoms with van der Waals surface area (Å²) in [5, 5.41) is 7.87. The summed E-state index contributed by atoms with van der Waals surface area (Å²) in [7, 11) is 1.68. The van der Waals surface area contributed by atoms with Gasteiger partial charge in [0.2, 0.25) is 11.9 Å². The molecule has 0 bridgehead atoms. The summed E-state index contributed by atoms with van der Waals surface area (Å²) in [5.74, 6) is 1.85. The van der Waals surface area contributed by atoms with E-state index in [1.807, 2.05) is 16.8 Å². The van der Waals surface area contributed by atoms with Crippen molar-refractivity contribution >= 4 is 11.9 Å². The number of rotatable bonds is 4. The van der Waals surface area contributed by atoms with Gasteiger partial charge in [0.25, 0.3) is 0 Å². The zero-order valence-corrected chi connectivity index (χ0v) is 15.0. The van der Waals surface area contributed by atoms with Crippen LogP contribution >= 0.6 is 0 Å². The summed E-state index contributed by atoms with van der Waals surface area (Å²) in [4.78, 5) is 4.36. The average molecular weight is 349 g/mol. The van der Waals surface area contributed by atoms with E-state index in [0.717, 1.165) is 18.6 Å². The van der Waals surface area contributed by atoms with Crippen LogP contribution in [0.1, 0.15) is 42.1 Å². The lowest BCUT2D eigenvalue weighted by Crippen LogP contribution is -2.28. The minimum Gasteiger partial charge on any atom is -0.497 e. The number of benzene rings is 2. The fourth-order valence-electron chi connectivity index (χ4n) is 3.50. The predicted octanol–water partition coefficient (Wildman–Crippen LogP) is 3.58. The van der Waals surface area contributed by atoms with Crippen molar-refractivity contribution in [1.29, 1.82) is 0 Å². The van der Waals surface area contributed by atoms with E-state index in [4.69, 9.17) is 10.5 Å². The second kappa shape index (κ2) is 6.71. The molecule has 3 N–H and O–H groups in total. The van der Waals surface area contributed by atoms with E-state index in [1.54, 1.807) is 7.11 Å². The molecule has 2 atom stereocenters. The minimum absolute atomic E-state index is 0.0917. The Balaban J connectivity index is 1.69. The number of anilines is 2.